The summed E-state index contributed by atoms with van der Waals surface area (Å²) >= 11 is 1.73. The Morgan fingerprint density at radius 2 is 2.00 bits per heavy atom. The first-order chi connectivity index (χ1) is 8.83. The molecule has 2 heterocycles. The fourth-order valence-corrected chi connectivity index (χ4v) is 2.75. The molecule has 0 spiro atoms. The second kappa shape index (κ2) is 4.70. The summed E-state index contributed by atoms with van der Waals surface area (Å²) in [6.45, 7) is 0. The number of aromatic nitrogens is 4. The molecule has 0 saturated carbocycles. The molecule has 0 fully saturated rings. The van der Waals surface area contributed by atoms with Crippen molar-refractivity contribution in [3.8, 4) is 11.4 Å². The van der Waals surface area contributed by atoms with Crippen LogP contribution in [0.2, 0.25) is 0 Å². The van der Waals surface area contributed by atoms with Gasteiger partial charge in [-0.1, -0.05) is 30.3 Å². The Bertz CT molecular complexity index is 642. The number of thiophene rings is 1. The Labute approximate surface area is 109 Å². The van der Waals surface area contributed by atoms with Gasteiger partial charge in [0, 0.05) is 16.9 Å². The van der Waals surface area contributed by atoms with Crippen molar-refractivity contribution in [2.75, 3.05) is 0 Å². The highest BCUT2D eigenvalue weighted by atomic mass is 32.1. The molecule has 5 heteroatoms. The molecular formula is C13H12N4S. The minimum atomic E-state index is 0.699. The number of aryl methyl sites for hydroxylation is 1. The standard InChI is InChI=1S/C13H12N4S/c1-17-15-13(14-16-17)11-7-8-18-12(11)9-10-5-3-2-4-6-10/h2-8H,9H2,1H3. The molecule has 4 nitrogen and oxygen atoms in total. The van der Waals surface area contributed by atoms with Crippen molar-refractivity contribution in [1.29, 1.82) is 0 Å². The van der Waals surface area contributed by atoms with E-state index in [-0.39, 0.29) is 0 Å². The lowest BCUT2D eigenvalue weighted by atomic mass is 10.1. The smallest absolute Gasteiger partial charge is 0.167 e. The van der Waals surface area contributed by atoms with Crippen LogP contribution in [-0.4, -0.2) is 20.2 Å². The lowest BCUT2D eigenvalue weighted by Gasteiger charge is -2.00. The summed E-state index contributed by atoms with van der Waals surface area (Å²) in [5, 5.41) is 14.3. The molecule has 18 heavy (non-hydrogen) atoms. The van der Waals surface area contributed by atoms with Crippen LogP contribution in [-0.2, 0) is 13.5 Å². The monoisotopic (exact) mass is 256 g/mol. The van der Waals surface area contributed by atoms with Gasteiger partial charge in [-0.05, 0) is 22.2 Å². The van der Waals surface area contributed by atoms with Crippen molar-refractivity contribution in [3.05, 3.63) is 52.2 Å². The molecule has 0 bridgehead atoms. The van der Waals surface area contributed by atoms with Gasteiger partial charge in [-0.15, -0.1) is 21.5 Å². The highest BCUT2D eigenvalue weighted by Gasteiger charge is 2.11. The van der Waals surface area contributed by atoms with Crippen LogP contribution in [0.4, 0.5) is 0 Å². The number of hydrogen-bond acceptors (Lipinski definition) is 4. The Morgan fingerprint density at radius 3 is 2.72 bits per heavy atom. The summed E-state index contributed by atoms with van der Waals surface area (Å²) in [6, 6.07) is 12.5. The average Bonchev–Trinajstić information content (AvgIpc) is 2.99. The van der Waals surface area contributed by atoms with Gasteiger partial charge in [0.05, 0.1) is 7.05 Å². The van der Waals surface area contributed by atoms with Crippen molar-refractivity contribution in [3.63, 3.8) is 0 Å². The van der Waals surface area contributed by atoms with E-state index in [0.29, 0.717) is 5.82 Å². The van der Waals surface area contributed by atoms with Crippen molar-refractivity contribution in [1.82, 2.24) is 20.2 Å². The fraction of sp³-hybridized carbons (Fsp3) is 0.154. The van der Waals surface area contributed by atoms with E-state index in [4.69, 9.17) is 0 Å². The first-order valence-electron chi connectivity index (χ1n) is 5.67. The quantitative estimate of drug-likeness (QED) is 0.723. The second-order valence-electron chi connectivity index (χ2n) is 4.02. The van der Waals surface area contributed by atoms with Gasteiger partial charge in [0.2, 0.25) is 5.82 Å². The Morgan fingerprint density at radius 1 is 1.17 bits per heavy atom. The molecular weight excluding hydrogens is 244 g/mol. The Balaban J connectivity index is 1.93. The Hall–Kier alpha value is -2.01. The van der Waals surface area contributed by atoms with Gasteiger partial charge in [-0.25, -0.2) is 0 Å². The minimum absolute atomic E-state index is 0.699. The van der Waals surface area contributed by atoms with Crippen LogP contribution in [0.15, 0.2) is 41.8 Å². The maximum absolute atomic E-state index is 4.26. The molecule has 0 N–H and O–H groups in total. The number of hydrogen-bond donors (Lipinski definition) is 0. The molecule has 0 radical (unpaired) electrons. The van der Waals surface area contributed by atoms with Gasteiger partial charge in [0.15, 0.2) is 0 Å². The maximum atomic E-state index is 4.26. The van der Waals surface area contributed by atoms with Crippen LogP contribution in [0.5, 0.6) is 0 Å². The zero-order valence-corrected chi connectivity index (χ0v) is 10.8. The van der Waals surface area contributed by atoms with E-state index in [2.05, 4.69) is 51.1 Å². The van der Waals surface area contributed by atoms with E-state index >= 15 is 0 Å². The zero-order valence-electron chi connectivity index (χ0n) is 9.95. The molecule has 3 aromatic rings. The molecule has 0 aliphatic heterocycles. The van der Waals surface area contributed by atoms with E-state index in [1.807, 2.05) is 6.07 Å². The minimum Gasteiger partial charge on any atom is -0.167 e. The lowest BCUT2D eigenvalue weighted by molar-refractivity contribution is 0.630. The number of rotatable bonds is 3. The highest BCUT2D eigenvalue weighted by Crippen LogP contribution is 2.27. The second-order valence-corrected chi connectivity index (χ2v) is 5.02. The van der Waals surface area contributed by atoms with Crippen molar-refractivity contribution >= 4 is 11.3 Å². The summed E-state index contributed by atoms with van der Waals surface area (Å²) in [5.74, 6) is 0.699. The van der Waals surface area contributed by atoms with Gasteiger partial charge in [-0.3, -0.25) is 0 Å². The van der Waals surface area contributed by atoms with E-state index < -0.39 is 0 Å². The SMILES string of the molecule is Cn1nnc(-c2ccsc2Cc2ccccc2)n1. The molecule has 0 aliphatic rings. The summed E-state index contributed by atoms with van der Waals surface area (Å²) in [7, 11) is 1.78. The molecule has 2 aromatic heterocycles. The summed E-state index contributed by atoms with van der Waals surface area (Å²) in [5.41, 5.74) is 2.38. The van der Waals surface area contributed by atoms with E-state index in [9.17, 15) is 0 Å². The molecule has 0 unspecified atom stereocenters. The molecule has 90 valence electrons. The lowest BCUT2D eigenvalue weighted by Crippen LogP contribution is -1.92. The first kappa shape index (κ1) is 11.1. The number of tetrazole rings is 1. The maximum Gasteiger partial charge on any atom is 0.206 e. The van der Waals surface area contributed by atoms with Crippen molar-refractivity contribution in [2.24, 2.45) is 7.05 Å². The molecule has 0 amide bonds. The number of nitrogens with zero attached hydrogens (tertiary/aromatic N) is 4. The summed E-state index contributed by atoms with van der Waals surface area (Å²) in [4.78, 5) is 2.76. The first-order valence-corrected chi connectivity index (χ1v) is 6.55. The zero-order chi connectivity index (χ0) is 12.4. The molecule has 0 saturated heterocycles. The third-order valence-corrected chi connectivity index (χ3v) is 3.62. The predicted octanol–water partition coefficient (Wildman–Crippen LogP) is 2.53. The van der Waals surface area contributed by atoms with Crippen LogP contribution < -0.4 is 0 Å². The van der Waals surface area contributed by atoms with Crippen molar-refractivity contribution < 1.29 is 0 Å². The fourth-order valence-electron chi connectivity index (χ4n) is 1.85. The normalized spacial score (nSPS) is 10.7. The molecule has 0 atom stereocenters. The van der Waals surface area contributed by atoms with E-state index in [1.165, 1.54) is 15.2 Å². The third-order valence-electron chi connectivity index (χ3n) is 2.70. The van der Waals surface area contributed by atoms with E-state index in [0.717, 1.165) is 12.0 Å². The summed E-state index contributed by atoms with van der Waals surface area (Å²) < 4.78 is 0. The van der Waals surface area contributed by atoms with Gasteiger partial charge < -0.3 is 0 Å². The van der Waals surface area contributed by atoms with Crippen LogP contribution >= 0.6 is 11.3 Å². The summed E-state index contributed by atoms with van der Waals surface area (Å²) in [6.07, 6.45) is 0.909. The average molecular weight is 256 g/mol. The highest BCUT2D eigenvalue weighted by molar-refractivity contribution is 7.10. The van der Waals surface area contributed by atoms with Gasteiger partial charge in [0.1, 0.15) is 0 Å². The van der Waals surface area contributed by atoms with Crippen molar-refractivity contribution in [2.45, 2.75) is 6.42 Å². The van der Waals surface area contributed by atoms with Crippen LogP contribution in [0.25, 0.3) is 11.4 Å². The largest absolute Gasteiger partial charge is 0.206 e. The molecule has 1 aromatic carbocycles. The topological polar surface area (TPSA) is 43.6 Å². The Kier molecular flexibility index (Phi) is 2.90. The molecule has 3 rings (SSSR count). The molecule has 0 aliphatic carbocycles. The van der Waals surface area contributed by atoms with Gasteiger partial charge in [0.25, 0.3) is 0 Å². The van der Waals surface area contributed by atoms with Crippen LogP contribution in [0.1, 0.15) is 10.4 Å². The van der Waals surface area contributed by atoms with Gasteiger partial charge in [-0.2, -0.15) is 4.80 Å². The van der Waals surface area contributed by atoms with E-state index in [1.54, 1.807) is 18.4 Å². The van der Waals surface area contributed by atoms with Gasteiger partial charge >= 0.3 is 0 Å². The predicted molar refractivity (Wildman–Crippen MR) is 71.4 cm³/mol. The van der Waals surface area contributed by atoms with Crippen LogP contribution in [0.3, 0.4) is 0 Å². The number of benzene rings is 1. The van der Waals surface area contributed by atoms with Crippen LogP contribution in [0, 0.1) is 0 Å². The third kappa shape index (κ3) is 2.17.